The number of rotatable bonds is 16. The zero-order valence-electron chi connectivity index (χ0n) is 13.6. The molecule has 0 aromatic rings. The molecule has 0 heterocycles. The molecule has 0 aromatic heterocycles. The van der Waals surface area contributed by atoms with Crippen molar-refractivity contribution in [1.29, 1.82) is 0 Å². The van der Waals surface area contributed by atoms with Gasteiger partial charge in [-0.25, -0.2) is 0 Å². The summed E-state index contributed by atoms with van der Waals surface area (Å²) in [4.78, 5) is 0. The average molecular weight is 284 g/mol. The maximum absolute atomic E-state index is 9.11. The molecule has 1 unspecified atom stereocenters. The second-order valence-corrected chi connectivity index (χ2v) is 5.74. The molecule has 1 atom stereocenters. The first-order chi connectivity index (χ1) is 9.81. The Labute approximate surface area is 126 Å². The van der Waals surface area contributed by atoms with E-state index >= 15 is 0 Å². The van der Waals surface area contributed by atoms with Gasteiger partial charge in [-0.1, -0.05) is 90.6 Å². The molecular weight excluding hydrogens is 248 g/mol. The molecule has 20 heavy (non-hydrogen) atoms. The second-order valence-electron chi connectivity index (χ2n) is 5.74. The number of hydrogen-bond donors (Lipinski definition) is 1. The summed E-state index contributed by atoms with van der Waals surface area (Å²) >= 11 is 0. The fourth-order valence-corrected chi connectivity index (χ4v) is 2.39. The van der Waals surface area contributed by atoms with Crippen molar-refractivity contribution in [3.63, 3.8) is 0 Å². The highest BCUT2D eigenvalue weighted by Gasteiger charge is 1.97. The summed E-state index contributed by atoms with van der Waals surface area (Å²) < 4.78 is 5.13. The quantitative estimate of drug-likeness (QED) is 0.227. The third kappa shape index (κ3) is 15.7. The molecule has 120 valence electrons. The Morgan fingerprint density at radius 2 is 1.20 bits per heavy atom. The molecule has 0 amide bonds. The maximum atomic E-state index is 9.11. The molecule has 0 aliphatic rings. The van der Waals surface area contributed by atoms with Crippen LogP contribution in [0.25, 0.3) is 0 Å². The largest absolute Gasteiger partial charge is 0.365 e. The minimum absolute atomic E-state index is 0.644. The van der Waals surface area contributed by atoms with Gasteiger partial charge in [0.25, 0.3) is 0 Å². The summed E-state index contributed by atoms with van der Waals surface area (Å²) in [6, 6.07) is 0. The van der Waals surface area contributed by atoms with E-state index in [-0.39, 0.29) is 0 Å². The van der Waals surface area contributed by atoms with Crippen molar-refractivity contribution in [1.82, 2.24) is 0 Å². The molecule has 0 fully saturated rings. The van der Waals surface area contributed by atoms with Crippen LogP contribution in [0.2, 0.25) is 0 Å². The lowest BCUT2D eigenvalue weighted by Crippen LogP contribution is -2.08. The van der Waals surface area contributed by atoms with Crippen LogP contribution in [-0.2, 0) is 4.74 Å². The lowest BCUT2D eigenvalue weighted by Gasteiger charge is -2.07. The van der Waals surface area contributed by atoms with Crippen LogP contribution >= 0.6 is 0 Å². The Bertz CT molecular complexity index is 192. The lowest BCUT2D eigenvalue weighted by molar-refractivity contribution is -0.0648. The molecule has 0 saturated carbocycles. The van der Waals surface area contributed by atoms with Crippen LogP contribution in [0.4, 0.5) is 0 Å². The molecule has 1 N–H and O–H groups in total. The number of aliphatic hydroxyl groups is 1. The molecule has 2 nitrogen and oxygen atoms in total. The van der Waals surface area contributed by atoms with Crippen molar-refractivity contribution in [2.75, 3.05) is 6.61 Å². The van der Waals surface area contributed by atoms with Gasteiger partial charge < -0.3 is 9.84 Å². The standard InChI is InChI=1S/C18H36O2/c1-3-5-6-7-8-9-10-11-12-13-14-15-16-17-20-18(19)4-2/h4,18-19H,2-3,5-17H2,1H3. The highest BCUT2D eigenvalue weighted by Crippen LogP contribution is 2.12. The minimum atomic E-state index is -0.785. The van der Waals surface area contributed by atoms with E-state index in [9.17, 15) is 0 Å². The second kappa shape index (κ2) is 16.7. The summed E-state index contributed by atoms with van der Waals surface area (Å²) in [5.41, 5.74) is 0. The van der Waals surface area contributed by atoms with Crippen LogP contribution in [0.1, 0.15) is 90.4 Å². The molecule has 0 aliphatic carbocycles. The lowest BCUT2D eigenvalue weighted by atomic mass is 10.0. The molecule has 0 spiro atoms. The molecule has 0 radical (unpaired) electrons. The summed E-state index contributed by atoms with van der Waals surface area (Å²) in [5.74, 6) is 0. The van der Waals surface area contributed by atoms with E-state index < -0.39 is 6.29 Å². The predicted octanol–water partition coefficient (Wildman–Crippen LogP) is 5.60. The first-order valence-electron chi connectivity index (χ1n) is 8.73. The molecule has 0 rings (SSSR count). The van der Waals surface area contributed by atoms with E-state index in [1.54, 1.807) is 0 Å². The van der Waals surface area contributed by atoms with Crippen LogP contribution in [0.15, 0.2) is 12.7 Å². The van der Waals surface area contributed by atoms with Gasteiger partial charge in [0.15, 0.2) is 6.29 Å². The normalized spacial score (nSPS) is 12.5. The summed E-state index contributed by atoms with van der Waals surface area (Å²) in [5, 5.41) is 9.11. The molecule has 0 saturated heterocycles. The van der Waals surface area contributed by atoms with Gasteiger partial charge in [0.2, 0.25) is 0 Å². The van der Waals surface area contributed by atoms with Crippen molar-refractivity contribution in [3.8, 4) is 0 Å². The highest BCUT2D eigenvalue weighted by molar-refractivity contribution is 4.69. The smallest absolute Gasteiger partial charge is 0.173 e. The fourth-order valence-electron chi connectivity index (χ4n) is 2.39. The maximum Gasteiger partial charge on any atom is 0.173 e. The molecule has 2 heteroatoms. The van der Waals surface area contributed by atoms with Gasteiger partial charge in [-0.15, -0.1) is 0 Å². The minimum Gasteiger partial charge on any atom is -0.365 e. The Balaban J connectivity index is 2.97. The van der Waals surface area contributed by atoms with Crippen LogP contribution in [-0.4, -0.2) is 18.0 Å². The van der Waals surface area contributed by atoms with Gasteiger partial charge in [0.1, 0.15) is 0 Å². The Kier molecular flexibility index (Phi) is 16.4. The van der Waals surface area contributed by atoms with Gasteiger partial charge in [-0.3, -0.25) is 0 Å². The van der Waals surface area contributed by atoms with Crippen molar-refractivity contribution in [2.45, 2.75) is 96.7 Å². The first kappa shape index (κ1) is 19.7. The molecular formula is C18H36O2. The van der Waals surface area contributed by atoms with Crippen molar-refractivity contribution in [2.24, 2.45) is 0 Å². The van der Waals surface area contributed by atoms with Crippen molar-refractivity contribution in [3.05, 3.63) is 12.7 Å². The number of hydrogen-bond acceptors (Lipinski definition) is 2. The SMILES string of the molecule is C=CC(O)OCCCCCCCCCCCCCCC. The van der Waals surface area contributed by atoms with E-state index in [1.807, 2.05) is 0 Å². The van der Waals surface area contributed by atoms with Gasteiger partial charge in [-0.05, 0) is 12.5 Å². The van der Waals surface area contributed by atoms with E-state index in [0.29, 0.717) is 6.61 Å². The topological polar surface area (TPSA) is 29.5 Å². The summed E-state index contributed by atoms with van der Waals surface area (Å²) in [6.45, 7) is 6.39. The van der Waals surface area contributed by atoms with Gasteiger partial charge in [0, 0.05) is 0 Å². The number of aliphatic hydroxyl groups excluding tert-OH is 1. The summed E-state index contributed by atoms with van der Waals surface area (Å²) in [6.07, 6.45) is 18.2. The molecule has 0 bridgehead atoms. The van der Waals surface area contributed by atoms with E-state index in [2.05, 4.69) is 13.5 Å². The Morgan fingerprint density at radius 3 is 1.60 bits per heavy atom. The highest BCUT2D eigenvalue weighted by atomic mass is 16.6. The fraction of sp³-hybridized carbons (Fsp3) is 0.889. The monoisotopic (exact) mass is 284 g/mol. The molecule has 0 aromatic carbocycles. The Morgan fingerprint density at radius 1 is 0.800 bits per heavy atom. The van der Waals surface area contributed by atoms with Crippen molar-refractivity contribution >= 4 is 0 Å². The third-order valence-corrected chi connectivity index (χ3v) is 3.74. The van der Waals surface area contributed by atoms with E-state index in [1.165, 1.54) is 83.1 Å². The van der Waals surface area contributed by atoms with E-state index in [4.69, 9.17) is 9.84 Å². The van der Waals surface area contributed by atoms with Crippen molar-refractivity contribution < 1.29 is 9.84 Å². The number of unbranched alkanes of at least 4 members (excludes halogenated alkanes) is 12. The van der Waals surface area contributed by atoms with Gasteiger partial charge >= 0.3 is 0 Å². The third-order valence-electron chi connectivity index (χ3n) is 3.74. The average Bonchev–Trinajstić information content (AvgIpc) is 2.47. The summed E-state index contributed by atoms with van der Waals surface area (Å²) in [7, 11) is 0. The number of ether oxygens (including phenoxy) is 1. The first-order valence-corrected chi connectivity index (χ1v) is 8.73. The zero-order valence-corrected chi connectivity index (χ0v) is 13.6. The predicted molar refractivity (Wildman–Crippen MR) is 87.9 cm³/mol. The molecule has 0 aliphatic heterocycles. The van der Waals surface area contributed by atoms with E-state index in [0.717, 1.165) is 6.42 Å². The van der Waals surface area contributed by atoms with Crippen LogP contribution in [0, 0.1) is 0 Å². The van der Waals surface area contributed by atoms with Gasteiger partial charge in [-0.2, -0.15) is 0 Å². The van der Waals surface area contributed by atoms with Crippen LogP contribution in [0.3, 0.4) is 0 Å². The van der Waals surface area contributed by atoms with Gasteiger partial charge in [0.05, 0.1) is 6.61 Å². The zero-order chi connectivity index (χ0) is 14.9. The van der Waals surface area contributed by atoms with Crippen LogP contribution in [0.5, 0.6) is 0 Å². The Hall–Kier alpha value is -0.340. The van der Waals surface area contributed by atoms with Crippen LogP contribution < -0.4 is 0 Å².